The molecule has 0 saturated heterocycles. The van der Waals surface area contributed by atoms with Crippen LogP contribution in [0.2, 0.25) is 0 Å². The first-order valence-electron chi connectivity index (χ1n) is 18.5. The van der Waals surface area contributed by atoms with Crippen LogP contribution in [0.1, 0.15) is 76.0 Å². The number of pyridine rings is 2. The summed E-state index contributed by atoms with van der Waals surface area (Å²) in [5.74, 6) is 3.41. The van der Waals surface area contributed by atoms with Gasteiger partial charge in [0.15, 0.2) is 0 Å². The third-order valence-corrected chi connectivity index (χ3v) is 9.81. The molecule has 3 aromatic heterocycles. The van der Waals surface area contributed by atoms with Gasteiger partial charge in [-0.2, -0.15) is 34.2 Å². The fraction of sp³-hybridized carbons (Fsp3) is 0.191. The van der Waals surface area contributed by atoms with Crippen molar-refractivity contribution in [2.75, 3.05) is 0 Å². The van der Waals surface area contributed by atoms with Gasteiger partial charge in [-0.05, 0) is 46.8 Å². The third kappa shape index (κ3) is 8.64. The van der Waals surface area contributed by atoms with Crippen molar-refractivity contribution < 1.29 is 51.0 Å². The van der Waals surface area contributed by atoms with Gasteiger partial charge >= 0.3 is 41.5 Å². The second-order valence-corrected chi connectivity index (χ2v) is 14.6. The molecule has 1 aliphatic rings. The van der Waals surface area contributed by atoms with Crippen LogP contribution in [0.4, 0.5) is 0 Å². The van der Waals surface area contributed by atoms with Crippen molar-refractivity contribution in [1.29, 1.82) is 0 Å². The zero-order valence-electron chi connectivity index (χ0n) is 31.9. The molecular formula is C47H39BN4O2PdPt. The van der Waals surface area contributed by atoms with Gasteiger partial charge in [0.25, 0.3) is 0 Å². The average Bonchev–Trinajstić information content (AvgIpc) is 3.51. The molecule has 0 radical (unpaired) electrons. The number of benzene rings is 4. The SMILES string of the molecule is CC(C)c1cnc(B2c3[c-]c(Oc4[c-]c(-c5cc(C(C)C)ccn5)ccc4)ccc3-c3ccc(Oc4[c-]c(-c5cc(C(C)C)ccn5)ccc4)[c-]c32)nc1.[Pd+2].[Pt+2]. The minimum Gasteiger partial charge on any atom is -0.503 e. The Kier molecular flexibility index (Phi) is 12.9. The van der Waals surface area contributed by atoms with E-state index in [0.29, 0.717) is 46.5 Å². The number of fused-ring (bicyclic) bond motifs is 3. The minimum atomic E-state index is -0.333. The van der Waals surface area contributed by atoms with Crippen LogP contribution in [0.25, 0.3) is 33.6 Å². The number of hydrogen-bond donors (Lipinski definition) is 0. The Morgan fingerprint density at radius 1 is 0.500 bits per heavy atom. The summed E-state index contributed by atoms with van der Waals surface area (Å²) >= 11 is 0. The summed E-state index contributed by atoms with van der Waals surface area (Å²) in [7, 11) is 0. The normalized spacial score (nSPS) is 11.6. The smallest absolute Gasteiger partial charge is 0.503 e. The van der Waals surface area contributed by atoms with E-state index in [4.69, 9.17) is 19.4 Å². The van der Waals surface area contributed by atoms with E-state index in [2.05, 4.69) is 112 Å². The first-order valence-corrected chi connectivity index (χ1v) is 18.5. The fourth-order valence-electron chi connectivity index (χ4n) is 6.68. The van der Waals surface area contributed by atoms with Gasteiger partial charge in [0, 0.05) is 47.8 Å². The molecule has 0 aliphatic carbocycles. The van der Waals surface area contributed by atoms with Crippen molar-refractivity contribution >= 4 is 23.4 Å². The number of hydrogen-bond acceptors (Lipinski definition) is 6. The predicted molar refractivity (Wildman–Crippen MR) is 216 cm³/mol. The summed E-state index contributed by atoms with van der Waals surface area (Å²) in [5.41, 5.74) is 11.5. The maximum Gasteiger partial charge on any atom is 2.00 e. The predicted octanol–water partition coefficient (Wildman–Crippen LogP) is 9.25. The van der Waals surface area contributed by atoms with Crippen LogP contribution in [0.5, 0.6) is 23.0 Å². The van der Waals surface area contributed by atoms with Crippen molar-refractivity contribution in [1.82, 2.24) is 19.9 Å². The Morgan fingerprint density at radius 2 is 0.929 bits per heavy atom. The standard InChI is InChI=1S/C47H39BN4O2.Pd.Pt/c1-29(2)32-17-19-49-45(23-32)34-9-7-11-37(21-34)53-39-13-15-41-42-16-14-40(26-44(42)48(43(41)25-39)47-51-27-36(28-52-47)31(5)6)54-38-12-8-10-35(22-38)46-24-33(30(3)4)18-20-50-46;;/h7-20,23-24,27-31H,1-6H3;;/q-4;2*+2. The summed E-state index contributed by atoms with van der Waals surface area (Å²) in [6.07, 6.45) is 7.52. The summed E-state index contributed by atoms with van der Waals surface area (Å²) in [5, 5.41) is 0. The molecule has 7 aromatic rings. The quantitative estimate of drug-likeness (QED) is 0.101. The summed E-state index contributed by atoms with van der Waals surface area (Å²) in [4.78, 5) is 19.0. The molecule has 0 N–H and O–H groups in total. The van der Waals surface area contributed by atoms with Crippen molar-refractivity contribution in [3.05, 3.63) is 151 Å². The molecule has 9 heteroatoms. The van der Waals surface area contributed by atoms with E-state index >= 15 is 0 Å². The van der Waals surface area contributed by atoms with Crippen molar-refractivity contribution in [2.24, 2.45) is 0 Å². The van der Waals surface area contributed by atoms with Gasteiger partial charge in [-0.25, -0.2) is 0 Å². The minimum absolute atomic E-state index is 0. The van der Waals surface area contributed by atoms with Crippen molar-refractivity contribution in [2.45, 2.75) is 59.3 Å². The molecule has 1 aliphatic heterocycles. The van der Waals surface area contributed by atoms with Crippen molar-refractivity contribution in [3.8, 4) is 56.6 Å². The Bertz CT molecular complexity index is 2330. The molecule has 8 rings (SSSR count). The molecular weight excluding hydrogens is 965 g/mol. The molecule has 282 valence electrons. The van der Waals surface area contributed by atoms with Crippen LogP contribution in [-0.4, -0.2) is 26.6 Å². The second-order valence-electron chi connectivity index (χ2n) is 14.6. The zero-order chi connectivity index (χ0) is 37.3. The van der Waals surface area contributed by atoms with Gasteiger partial charge in [-0.15, -0.1) is 71.8 Å². The largest absolute Gasteiger partial charge is 2.00 e. The van der Waals surface area contributed by atoms with E-state index in [-0.39, 0.29) is 48.2 Å². The molecule has 0 saturated carbocycles. The number of nitrogens with zero attached hydrogens (tertiary/aromatic N) is 4. The van der Waals surface area contributed by atoms with Crippen LogP contribution in [0, 0.1) is 24.3 Å². The molecule has 4 aromatic carbocycles. The first-order chi connectivity index (χ1) is 26.2. The van der Waals surface area contributed by atoms with Gasteiger partial charge in [0.05, 0.1) is 5.72 Å². The van der Waals surface area contributed by atoms with Crippen LogP contribution >= 0.6 is 0 Å². The van der Waals surface area contributed by atoms with Gasteiger partial charge in [-0.1, -0.05) is 76.9 Å². The topological polar surface area (TPSA) is 70.0 Å². The molecule has 0 bridgehead atoms. The van der Waals surface area contributed by atoms with Crippen LogP contribution in [-0.2, 0) is 41.5 Å². The zero-order valence-corrected chi connectivity index (χ0v) is 35.8. The molecule has 4 heterocycles. The molecule has 0 atom stereocenters. The van der Waals surface area contributed by atoms with Gasteiger partial charge < -0.3 is 19.4 Å². The van der Waals surface area contributed by atoms with Crippen LogP contribution in [0.3, 0.4) is 0 Å². The van der Waals surface area contributed by atoms with E-state index in [9.17, 15) is 0 Å². The third-order valence-electron chi connectivity index (χ3n) is 9.81. The number of ether oxygens (including phenoxy) is 2. The fourth-order valence-corrected chi connectivity index (χ4v) is 6.68. The monoisotopic (exact) mass is 1000 g/mol. The van der Waals surface area contributed by atoms with E-state index in [1.165, 1.54) is 11.1 Å². The Morgan fingerprint density at radius 3 is 1.36 bits per heavy atom. The van der Waals surface area contributed by atoms with Crippen molar-refractivity contribution in [3.63, 3.8) is 0 Å². The molecule has 6 nitrogen and oxygen atoms in total. The second kappa shape index (κ2) is 17.6. The van der Waals surface area contributed by atoms with Gasteiger partial charge in [0.2, 0.25) is 6.71 Å². The van der Waals surface area contributed by atoms with E-state index in [1.54, 1.807) is 0 Å². The van der Waals surface area contributed by atoms with E-state index < -0.39 is 0 Å². The first kappa shape index (κ1) is 40.9. The van der Waals surface area contributed by atoms with E-state index in [0.717, 1.165) is 50.1 Å². The van der Waals surface area contributed by atoms with Crippen LogP contribution in [0.15, 0.2) is 110 Å². The van der Waals surface area contributed by atoms with Gasteiger partial charge in [0.1, 0.15) is 0 Å². The molecule has 0 amide bonds. The number of rotatable bonds is 10. The Labute approximate surface area is 358 Å². The maximum atomic E-state index is 6.42. The van der Waals surface area contributed by atoms with E-state index in [1.807, 2.05) is 73.3 Å². The number of aromatic nitrogens is 4. The average molecular weight is 1000 g/mol. The van der Waals surface area contributed by atoms with Crippen LogP contribution < -0.4 is 26.1 Å². The summed E-state index contributed by atoms with van der Waals surface area (Å²) in [6.45, 7) is 12.7. The molecule has 0 spiro atoms. The molecule has 0 fully saturated rings. The van der Waals surface area contributed by atoms with Gasteiger partial charge in [-0.3, -0.25) is 9.97 Å². The molecule has 0 unspecified atom stereocenters. The Balaban J connectivity index is 0.00000266. The maximum absolute atomic E-state index is 6.42. The summed E-state index contributed by atoms with van der Waals surface area (Å²) in [6, 6.07) is 42.1. The Hall–Kier alpha value is -4.72. The summed E-state index contributed by atoms with van der Waals surface area (Å²) < 4.78 is 12.8. The molecule has 56 heavy (non-hydrogen) atoms.